The smallest absolute Gasteiger partial charge is 0.190 e. The quantitative estimate of drug-likeness (QED) is 0.835. The Labute approximate surface area is 82.5 Å². The first-order valence-corrected chi connectivity index (χ1v) is 6.43. The monoisotopic (exact) mass is 219 g/mol. The van der Waals surface area contributed by atoms with Gasteiger partial charge in [-0.15, -0.1) is 11.3 Å². The van der Waals surface area contributed by atoms with Crippen molar-refractivity contribution in [1.82, 2.24) is 0 Å². The molecule has 1 aromatic heterocycles. The van der Waals surface area contributed by atoms with Gasteiger partial charge in [0, 0.05) is 6.54 Å². The zero-order valence-corrected chi connectivity index (χ0v) is 9.28. The Bertz CT molecular complexity index is 379. The Morgan fingerprint density at radius 1 is 1.54 bits per heavy atom. The maximum Gasteiger partial charge on any atom is 0.190 e. The first-order valence-electron chi connectivity index (χ1n) is 4.00. The first-order chi connectivity index (χ1) is 6.00. The zero-order valence-electron chi connectivity index (χ0n) is 7.65. The van der Waals surface area contributed by atoms with Crippen LogP contribution >= 0.6 is 11.3 Å². The fourth-order valence-corrected chi connectivity index (χ4v) is 3.82. The van der Waals surface area contributed by atoms with E-state index in [-0.39, 0.29) is 11.8 Å². The zero-order chi connectivity index (χ0) is 10.1. The number of hydrogen-bond acceptors (Lipinski definition) is 4. The van der Waals surface area contributed by atoms with Gasteiger partial charge in [-0.1, -0.05) is 0 Å². The number of hydrogen-bond donors (Lipinski definition) is 1. The number of nitrogens with two attached hydrogens (primary N) is 1. The van der Waals surface area contributed by atoms with Crippen LogP contribution < -0.4 is 5.73 Å². The van der Waals surface area contributed by atoms with Gasteiger partial charge >= 0.3 is 0 Å². The van der Waals surface area contributed by atoms with Crippen LogP contribution in [0.2, 0.25) is 0 Å². The minimum Gasteiger partial charge on any atom is -0.326 e. The second kappa shape index (κ2) is 3.77. The van der Waals surface area contributed by atoms with Crippen molar-refractivity contribution >= 4 is 21.2 Å². The number of thiophene rings is 1. The highest BCUT2D eigenvalue weighted by atomic mass is 32.2. The summed E-state index contributed by atoms with van der Waals surface area (Å²) in [5.74, 6) is 0. The number of rotatable bonds is 3. The fraction of sp³-hybridized carbons (Fsp3) is 0.500. The average Bonchev–Trinajstić information content (AvgIpc) is 2.51. The molecule has 0 aliphatic carbocycles. The molecule has 0 unspecified atom stereocenters. The molecule has 0 spiro atoms. The summed E-state index contributed by atoms with van der Waals surface area (Å²) in [7, 11) is -3.14. The van der Waals surface area contributed by atoms with Crippen LogP contribution in [0, 0.1) is 0 Å². The maximum absolute atomic E-state index is 11.7. The van der Waals surface area contributed by atoms with Crippen LogP contribution in [0.5, 0.6) is 0 Å². The molecule has 0 atom stereocenters. The van der Waals surface area contributed by atoms with E-state index in [0.717, 1.165) is 5.56 Å². The first kappa shape index (κ1) is 10.7. The Hall–Kier alpha value is -0.390. The average molecular weight is 219 g/mol. The summed E-state index contributed by atoms with van der Waals surface area (Å²) in [5, 5.41) is 1.38. The van der Waals surface area contributed by atoms with E-state index in [1.165, 1.54) is 11.3 Å². The SMILES string of the molecule is CC(C)S(=O)(=O)c1sccc1CN. The van der Waals surface area contributed by atoms with Crippen molar-refractivity contribution < 1.29 is 8.42 Å². The van der Waals surface area contributed by atoms with E-state index in [1.54, 1.807) is 25.3 Å². The van der Waals surface area contributed by atoms with Crippen LogP contribution in [0.25, 0.3) is 0 Å². The van der Waals surface area contributed by atoms with Gasteiger partial charge < -0.3 is 5.73 Å². The van der Waals surface area contributed by atoms with Crippen LogP contribution in [0.15, 0.2) is 15.7 Å². The second-order valence-electron chi connectivity index (χ2n) is 3.03. The lowest BCUT2D eigenvalue weighted by atomic mass is 10.3. The molecule has 0 radical (unpaired) electrons. The predicted molar refractivity (Wildman–Crippen MR) is 54.5 cm³/mol. The van der Waals surface area contributed by atoms with E-state index >= 15 is 0 Å². The molecule has 2 N–H and O–H groups in total. The van der Waals surface area contributed by atoms with Crippen molar-refractivity contribution in [3.8, 4) is 0 Å². The molecule has 1 rings (SSSR count). The fourth-order valence-electron chi connectivity index (χ4n) is 0.937. The normalized spacial score (nSPS) is 12.3. The standard InChI is InChI=1S/C8H13NO2S2/c1-6(2)13(10,11)8-7(5-9)3-4-12-8/h3-4,6H,5,9H2,1-2H3. The predicted octanol–water partition coefficient (Wildman–Crippen LogP) is 1.39. The minimum atomic E-state index is -3.14. The lowest BCUT2D eigenvalue weighted by molar-refractivity contribution is 0.588. The van der Waals surface area contributed by atoms with Crippen molar-refractivity contribution in [2.75, 3.05) is 0 Å². The summed E-state index contributed by atoms with van der Waals surface area (Å²) >= 11 is 1.24. The van der Waals surface area contributed by atoms with E-state index < -0.39 is 9.84 Å². The van der Waals surface area contributed by atoms with Crippen molar-refractivity contribution in [3.05, 3.63) is 17.0 Å². The van der Waals surface area contributed by atoms with Gasteiger partial charge in [-0.25, -0.2) is 8.42 Å². The highest BCUT2D eigenvalue weighted by Gasteiger charge is 2.23. The molecule has 0 fully saturated rings. The molecule has 0 amide bonds. The second-order valence-corrected chi connectivity index (χ2v) is 6.65. The summed E-state index contributed by atoms with van der Waals surface area (Å²) in [6, 6.07) is 1.76. The van der Waals surface area contributed by atoms with E-state index in [4.69, 9.17) is 5.73 Å². The summed E-state index contributed by atoms with van der Waals surface area (Å²) in [6.45, 7) is 3.63. The molecular formula is C8H13NO2S2. The maximum atomic E-state index is 11.7. The molecule has 0 aliphatic heterocycles. The third-order valence-electron chi connectivity index (χ3n) is 1.81. The van der Waals surface area contributed by atoms with E-state index in [0.29, 0.717) is 4.21 Å². The molecule has 13 heavy (non-hydrogen) atoms. The molecule has 3 nitrogen and oxygen atoms in total. The van der Waals surface area contributed by atoms with E-state index in [9.17, 15) is 8.42 Å². The van der Waals surface area contributed by atoms with Gasteiger partial charge in [0.2, 0.25) is 0 Å². The Balaban J connectivity index is 3.22. The Morgan fingerprint density at radius 3 is 2.62 bits per heavy atom. The van der Waals surface area contributed by atoms with Gasteiger partial charge in [0.15, 0.2) is 9.84 Å². The van der Waals surface area contributed by atoms with E-state index in [2.05, 4.69) is 0 Å². The van der Waals surface area contributed by atoms with Crippen molar-refractivity contribution in [3.63, 3.8) is 0 Å². The largest absolute Gasteiger partial charge is 0.326 e. The molecule has 5 heteroatoms. The summed E-state index contributed by atoms with van der Waals surface area (Å²) in [4.78, 5) is 0. The van der Waals surface area contributed by atoms with Gasteiger partial charge in [0.25, 0.3) is 0 Å². The van der Waals surface area contributed by atoms with Crippen molar-refractivity contribution in [2.24, 2.45) is 5.73 Å². The molecule has 0 bridgehead atoms. The summed E-state index contributed by atoms with van der Waals surface area (Å²) < 4.78 is 23.9. The van der Waals surface area contributed by atoms with Crippen LogP contribution in [0.4, 0.5) is 0 Å². The highest BCUT2D eigenvalue weighted by molar-refractivity contribution is 7.94. The molecule has 74 valence electrons. The molecule has 0 saturated heterocycles. The summed E-state index contributed by atoms with van der Waals surface area (Å²) in [6.07, 6.45) is 0. The molecule has 0 aliphatic rings. The Morgan fingerprint density at radius 2 is 2.15 bits per heavy atom. The molecular weight excluding hydrogens is 206 g/mol. The molecule has 0 saturated carbocycles. The molecule has 0 aromatic carbocycles. The lowest BCUT2D eigenvalue weighted by Gasteiger charge is -2.06. The van der Waals surface area contributed by atoms with Crippen LogP contribution in [-0.2, 0) is 16.4 Å². The van der Waals surface area contributed by atoms with Crippen LogP contribution in [-0.4, -0.2) is 13.7 Å². The van der Waals surface area contributed by atoms with Crippen molar-refractivity contribution in [2.45, 2.75) is 29.9 Å². The number of sulfone groups is 1. The molecule has 1 aromatic rings. The third-order valence-corrected chi connectivity index (χ3v) is 5.56. The Kier molecular flexibility index (Phi) is 3.10. The van der Waals surface area contributed by atoms with Crippen LogP contribution in [0.1, 0.15) is 19.4 Å². The highest BCUT2D eigenvalue weighted by Crippen LogP contribution is 2.25. The minimum absolute atomic E-state index is 0.283. The van der Waals surface area contributed by atoms with Crippen molar-refractivity contribution in [1.29, 1.82) is 0 Å². The van der Waals surface area contributed by atoms with Gasteiger partial charge in [0.1, 0.15) is 4.21 Å². The third kappa shape index (κ3) is 1.92. The van der Waals surface area contributed by atoms with Gasteiger partial charge in [-0.05, 0) is 30.9 Å². The van der Waals surface area contributed by atoms with Gasteiger partial charge in [-0.2, -0.15) is 0 Å². The topological polar surface area (TPSA) is 60.2 Å². The van der Waals surface area contributed by atoms with E-state index in [1.807, 2.05) is 0 Å². The van der Waals surface area contributed by atoms with Gasteiger partial charge in [0.05, 0.1) is 5.25 Å². The lowest BCUT2D eigenvalue weighted by Crippen LogP contribution is -2.15. The summed E-state index contributed by atoms with van der Waals surface area (Å²) in [5.41, 5.74) is 6.16. The van der Waals surface area contributed by atoms with Crippen LogP contribution in [0.3, 0.4) is 0 Å². The van der Waals surface area contributed by atoms with Gasteiger partial charge in [-0.3, -0.25) is 0 Å². The molecule has 1 heterocycles.